The minimum absolute atomic E-state index is 0.156. The van der Waals surface area contributed by atoms with Crippen LogP contribution >= 0.6 is 0 Å². The standard InChI is InChI=1S/C11H14N2O5S/c1-7(19(2)18)6-12-10-4-3-8(13(16)17)5-9(10)11(14)15/h3-5,7,12H,6H2,1-2H3,(H,14,15). The lowest BCUT2D eigenvalue weighted by Crippen LogP contribution is -2.21. The van der Waals surface area contributed by atoms with Gasteiger partial charge in [0.15, 0.2) is 0 Å². The minimum Gasteiger partial charge on any atom is -0.478 e. The number of carboxylic acid groups (broad SMARTS) is 1. The molecule has 0 saturated carbocycles. The Morgan fingerprint density at radius 3 is 2.68 bits per heavy atom. The van der Waals surface area contributed by atoms with E-state index in [9.17, 15) is 19.1 Å². The first-order valence-corrected chi connectivity index (χ1v) is 7.03. The van der Waals surface area contributed by atoms with Crippen molar-refractivity contribution >= 4 is 28.1 Å². The molecule has 7 nitrogen and oxygen atoms in total. The second kappa shape index (κ2) is 6.28. The number of aromatic carboxylic acids is 1. The monoisotopic (exact) mass is 286 g/mol. The summed E-state index contributed by atoms with van der Waals surface area (Å²) in [5.41, 5.74) is -0.186. The Morgan fingerprint density at radius 2 is 2.21 bits per heavy atom. The Kier molecular flexibility index (Phi) is 4.99. The zero-order valence-electron chi connectivity index (χ0n) is 10.5. The number of nitrogens with zero attached hydrogens (tertiary/aromatic N) is 1. The van der Waals surface area contributed by atoms with Crippen molar-refractivity contribution in [2.45, 2.75) is 12.2 Å². The fourth-order valence-electron chi connectivity index (χ4n) is 1.35. The van der Waals surface area contributed by atoms with Gasteiger partial charge in [0.25, 0.3) is 5.69 Å². The minimum atomic E-state index is -1.25. The summed E-state index contributed by atoms with van der Waals surface area (Å²) in [6.07, 6.45) is 1.56. The fraction of sp³-hybridized carbons (Fsp3) is 0.364. The predicted molar refractivity (Wildman–Crippen MR) is 72.1 cm³/mol. The van der Waals surface area contributed by atoms with Crippen LogP contribution in [-0.4, -0.2) is 38.3 Å². The van der Waals surface area contributed by atoms with Gasteiger partial charge in [-0.25, -0.2) is 4.79 Å². The topological polar surface area (TPSA) is 110 Å². The third-order valence-electron chi connectivity index (χ3n) is 2.59. The number of carbonyl (C=O) groups is 1. The molecule has 2 atom stereocenters. The summed E-state index contributed by atoms with van der Waals surface area (Å²) in [6, 6.07) is 3.56. The van der Waals surface area contributed by atoms with Gasteiger partial charge in [-0.2, -0.15) is 0 Å². The molecule has 0 fully saturated rings. The summed E-state index contributed by atoms with van der Waals surface area (Å²) >= 11 is 0. The number of nitrogens with one attached hydrogen (secondary N) is 1. The van der Waals surface area contributed by atoms with Crippen LogP contribution in [0.4, 0.5) is 11.4 Å². The van der Waals surface area contributed by atoms with E-state index in [0.717, 1.165) is 6.07 Å². The number of anilines is 1. The maximum absolute atomic E-state index is 11.2. The number of nitro groups is 1. The van der Waals surface area contributed by atoms with Crippen molar-refractivity contribution in [2.24, 2.45) is 0 Å². The van der Waals surface area contributed by atoms with Crippen LogP contribution in [-0.2, 0) is 10.8 Å². The molecule has 8 heteroatoms. The molecule has 0 radical (unpaired) electrons. The Bertz CT molecular complexity index is 532. The van der Waals surface area contributed by atoms with Gasteiger partial charge in [-0.15, -0.1) is 0 Å². The molecule has 0 aliphatic rings. The number of rotatable bonds is 6. The lowest BCUT2D eigenvalue weighted by molar-refractivity contribution is -0.384. The van der Waals surface area contributed by atoms with Crippen molar-refractivity contribution in [1.82, 2.24) is 0 Å². The molecule has 2 unspecified atom stereocenters. The third kappa shape index (κ3) is 4.02. The van der Waals surface area contributed by atoms with Crippen molar-refractivity contribution in [1.29, 1.82) is 0 Å². The van der Waals surface area contributed by atoms with E-state index < -0.39 is 21.7 Å². The average molecular weight is 286 g/mol. The van der Waals surface area contributed by atoms with Gasteiger partial charge in [0.1, 0.15) is 0 Å². The van der Waals surface area contributed by atoms with E-state index in [1.807, 2.05) is 0 Å². The number of benzene rings is 1. The molecule has 2 N–H and O–H groups in total. The normalized spacial score (nSPS) is 13.6. The van der Waals surface area contributed by atoms with Gasteiger partial charge >= 0.3 is 5.97 Å². The predicted octanol–water partition coefficient (Wildman–Crippen LogP) is 1.47. The average Bonchev–Trinajstić information content (AvgIpc) is 2.35. The maximum atomic E-state index is 11.2. The lowest BCUT2D eigenvalue weighted by Gasteiger charge is -2.12. The first-order chi connectivity index (χ1) is 8.82. The molecule has 0 heterocycles. The van der Waals surface area contributed by atoms with Gasteiger partial charge in [0.2, 0.25) is 0 Å². The summed E-state index contributed by atoms with van der Waals surface area (Å²) in [4.78, 5) is 21.0. The summed E-state index contributed by atoms with van der Waals surface area (Å²) < 4.78 is 11.2. The van der Waals surface area contributed by atoms with Crippen molar-refractivity contribution in [2.75, 3.05) is 18.1 Å². The van der Waals surface area contributed by atoms with Crippen LogP contribution in [0.3, 0.4) is 0 Å². The van der Waals surface area contributed by atoms with Crippen molar-refractivity contribution in [3.63, 3.8) is 0 Å². The highest BCUT2D eigenvalue weighted by molar-refractivity contribution is 7.84. The number of hydrogen-bond donors (Lipinski definition) is 2. The highest BCUT2D eigenvalue weighted by Gasteiger charge is 2.16. The van der Waals surface area contributed by atoms with Gasteiger partial charge in [0, 0.05) is 46.7 Å². The zero-order chi connectivity index (χ0) is 14.6. The summed E-state index contributed by atoms with van der Waals surface area (Å²) in [5.74, 6) is -1.25. The quantitative estimate of drug-likeness (QED) is 0.605. The molecule has 0 aliphatic heterocycles. The van der Waals surface area contributed by atoms with E-state index in [2.05, 4.69) is 5.32 Å². The number of carboxylic acids is 1. The molecular weight excluding hydrogens is 272 g/mol. The van der Waals surface area contributed by atoms with Crippen LogP contribution in [0.5, 0.6) is 0 Å². The second-order valence-corrected chi connectivity index (χ2v) is 5.78. The largest absolute Gasteiger partial charge is 0.478 e. The lowest BCUT2D eigenvalue weighted by atomic mass is 10.1. The van der Waals surface area contributed by atoms with Crippen LogP contribution in [0.2, 0.25) is 0 Å². The molecule has 1 aromatic rings. The maximum Gasteiger partial charge on any atom is 0.338 e. The highest BCUT2D eigenvalue weighted by atomic mass is 32.2. The van der Waals surface area contributed by atoms with Gasteiger partial charge in [-0.05, 0) is 13.0 Å². The van der Waals surface area contributed by atoms with Crippen LogP contribution in [0.25, 0.3) is 0 Å². The summed E-state index contributed by atoms with van der Waals surface area (Å²) in [6.45, 7) is 2.08. The van der Waals surface area contributed by atoms with Gasteiger partial charge in [-0.3, -0.25) is 14.3 Å². The molecular formula is C11H14N2O5S. The molecule has 1 aromatic carbocycles. The molecule has 0 bridgehead atoms. The Morgan fingerprint density at radius 1 is 1.58 bits per heavy atom. The van der Waals surface area contributed by atoms with E-state index >= 15 is 0 Å². The molecule has 0 amide bonds. The second-order valence-electron chi connectivity index (χ2n) is 3.98. The van der Waals surface area contributed by atoms with Gasteiger partial charge in [0.05, 0.1) is 10.5 Å². The van der Waals surface area contributed by atoms with Crippen molar-refractivity contribution in [3.8, 4) is 0 Å². The van der Waals surface area contributed by atoms with Crippen LogP contribution in [0, 0.1) is 10.1 Å². The summed E-state index contributed by atoms with van der Waals surface area (Å²) in [5, 5.41) is 22.3. The smallest absolute Gasteiger partial charge is 0.338 e. The van der Waals surface area contributed by atoms with E-state index in [1.54, 1.807) is 13.2 Å². The zero-order valence-corrected chi connectivity index (χ0v) is 11.3. The van der Waals surface area contributed by atoms with E-state index in [1.165, 1.54) is 12.1 Å². The van der Waals surface area contributed by atoms with Crippen molar-refractivity contribution < 1.29 is 19.0 Å². The first kappa shape index (κ1) is 15.1. The number of non-ortho nitro benzene ring substituents is 1. The molecule has 0 spiro atoms. The van der Waals surface area contributed by atoms with E-state index in [4.69, 9.17) is 5.11 Å². The van der Waals surface area contributed by atoms with Crippen LogP contribution in [0.1, 0.15) is 17.3 Å². The Hall–Kier alpha value is -1.96. The fourth-order valence-corrected chi connectivity index (χ4v) is 1.67. The molecule has 19 heavy (non-hydrogen) atoms. The molecule has 104 valence electrons. The number of nitro benzene ring substituents is 1. The van der Waals surface area contributed by atoms with Crippen LogP contribution in [0.15, 0.2) is 18.2 Å². The molecule has 0 saturated heterocycles. The Balaban J connectivity index is 2.97. The first-order valence-electron chi connectivity index (χ1n) is 5.40. The number of hydrogen-bond acceptors (Lipinski definition) is 5. The SMILES string of the molecule is CC(CNc1ccc([N+](=O)[O-])cc1C(=O)O)S(C)=O. The van der Waals surface area contributed by atoms with E-state index in [-0.39, 0.29) is 22.2 Å². The van der Waals surface area contributed by atoms with Crippen LogP contribution < -0.4 is 5.32 Å². The third-order valence-corrected chi connectivity index (χ3v) is 3.89. The van der Waals surface area contributed by atoms with Crippen molar-refractivity contribution in [3.05, 3.63) is 33.9 Å². The molecule has 0 aliphatic carbocycles. The highest BCUT2D eigenvalue weighted by Crippen LogP contribution is 2.22. The van der Waals surface area contributed by atoms with Gasteiger partial charge < -0.3 is 10.4 Å². The Labute approximate surface area is 112 Å². The molecule has 0 aromatic heterocycles. The molecule has 1 rings (SSSR count). The van der Waals surface area contributed by atoms with Gasteiger partial charge in [-0.1, -0.05) is 0 Å². The summed E-state index contributed by atoms with van der Waals surface area (Å²) in [7, 11) is -1.03. The van der Waals surface area contributed by atoms with E-state index in [0.29, 0.717) is 6.54 Å².